The minimum atomic E-state index is -1.08. The maximum atomic E-state index is 13.4. The summed E-state index contributed by atoms with van der Waals surface area (Å²) in [4.78, 5) is 41.6. The van der Waals surface area contributed by atoms with Gasteiger partial charge in [-0.2, -0.15) is 0 Å². The van der Waals surface area contributed by atoms with Crippen molar-refractivity contribution in [3.05, 3.63) is 75.6 Å². The summed E-state index contributed by atoms with van der Waals surface area (Å²) in [6.07, 6.45) is 2.10. The highest BCUT2D eigenvalue weighted by Gasteiger charge is 2.24. The Kier molecular flexibility index (Phi) is 12.7. The van der Waals surface area contributed by atoms with Crippen molar-refractivity contribution in [2.24, 2.45) is 4.99 Å². The number of carbonyl (C=O) groups excluding carboxylic acids is 2. The highest BCUT2D eigenvalue weighted by atomic mass is 16.5. The molecule has 0 aromatic heterocycles. The van der Waals surface area contributed by atoms with Gasteiger partial charge in [0.2, 0.25) is 0 Å². The molecule has 1 aliphatic carbocycles. The van der Waals surface area contributed by atoms with Gasteiger partial charge in [-0.25, -0.2) is 9.59 Å². The van der Waals surface area contributed by atoms with Gasteiger partial charge in [-0.15, -0.1) is 0 Å². The number of carboxylic acids is 1. The normalized spacial score (nSPS) is 11.7. The Hall–Kier alpha value is -4.54. The molecule has 2 aromatic rings. The molecule has 47 heavy (non-hydrogen) atoms. The van der Waals surface area contributed by atoms with E-state index in [4.69, 9.17) is 13.9 Å². The number of amides is 1. The van der Waals surface area contributed by atoms with Crippen LogP contribution in [0.1, 0.15) is 70.5 Å². The lowest BCUT2D eigenvalue weighted by Gasteiger charge is -2.19. The Morgan fingerprint density at radius 3 is 2.38 bits per heavy atom. The molecule has 0 unspecified atom stereocenters. The summed E-state index contributed by atoms with van der Waals surface area (Å²) in [5.41, 5.74) is 6.35. The molecule has 1 aliphatic heterocycles. The van der Waals surface area contributed by atoms with Crippen molar-refractivity contribution in [1.29, 1.82) is 0 Å². The Bertz CT molecular complexity index is 1770. The number of aryl methyl sites for hydroxylation is 3. The number of ether oxygens (including phenoxy) is 3. The zero-order valence-electron chi connectivity index (χ0n) is 27.9. The average molecular weight is 645 g/mol. The Morgan fingerprint density at radius 1 is 0.915 bits per heavy atom. The molecular formula is C37H44N2O8. The molecule has 1 heterocycles. The molecule has 0 atom stereocenters. The number of methoxy groups -OCH3 is 1. The van der Waals surface area contributed by atoms with E-state index in [9.17, 15) is 19.5 Å². The molecule has 10 heteroatoms. The van der Waals surface area contributed by atoms with E-state index < -0.39 is 12.1 Å². The highest BCUT2D eigenvalue weighted by molar-refractivity contribution is 6.09. The SMILES string of the molecule is CCCc1cc2oc3cc(=NCC)c(C)cc-3c(-c3cc(C(=O)CCCOCCOCCNC(=O)OC)ccc3C(=O)O)c2cc1C. The third-order valence-electron chi connectivity index (χ3n) is 7.95. The summed E-state index contributed by atoms with van der Waals surface area (Å²) >= 11 is 0. The van der Waals surface area contributed by atoms with Crippen LogP contribution in [0.3, 0.4) is 0 Å². The van der Waals surface area contributed by atoms with Gasteiger partial charge >= 0.3 is 12.1 Å². The molecule has 10 nitrogen and oxygen atoms in total. The molecule has 0 fully saturated rings. The number of hydrogen-bond acceptors (Lipinski definition) is 8. The molecule has 2 N–H and O–H groups in total. The number of nitrogens with zero attached hydrogens (tertiary/aromatic N) is 1. The quantitative estimate of drug-likeness (QED) is 0.0777. The van der Waals surface area contributed by atoms with Crippen LogP contribution in [0, 0.1) is 13.8 Å². The third kappa shape index (κ3) is 8.84. The van der Waals surface area contributed by atoms with Crippen LogP contribution in [0.15, 0.2) is 51.9 Å². The van der Waals surface area contributed by atoms with Crippen molar-refractivity contribution in [2.45, 2.75) is 53.4 Å². The van der Waals surface area contributed by atoms with Crippen LogP contribution >= 0.6 is 0 Å². The molecule has 0 radical (unpaired) electrons. The number of ketones is 1. The number of alkyl carbamates (subject to hydrolysis) is 1. The van der Waals surface area contributed by atoms with Crippen LogP contribution in [0.5, 0.6) is 0 Å². The van der Waals surface area contributed by atoms with Gasteiger partial charge < -0.3 is 29.1 Å². The zero-order chi connectivity index (χ0) is 33.9. The van der Waals surface area contributed by atoms with Gasteiger partial charge in [0, 0.05) is 54.3 Å². The minimum Gasteiger partial charge on any atom is -0.478 e. The van der Waals surface area contributed by atoms with Crippen LogP contribution < -0.4 is 10.7 Å². The fourth-order valence-corrected chi connectivity index (χ4v) is 5.61. The van der Waals surface area contributed by atoms with Crippen LogP contribution in [-0.4, -0.2) is 69.6 Å². The van der Waals surface area contributed by atoms with E-state index in [0.717, 1.165) is 45.8 Å². The van der Waals surface area contributed by atoms with Crippen molar-refractivity contribution < 1.29 is 38.1 Å². The summed E-state index contributed by atoms with van der Waals surface area (Å²) < 4.78 is 22.0. The Labute approximate surface area is 275 Å². The van der Waals surface area contributed by atoms with E-state index >= 15 is 0 Å². The number of fused-ring (bicyclic) bond motifs is 2. The number of aromatic carboxylic acids is 1. The van der Waals surface area contributed by atoms with Crippen molar-refractivity contribution >= 4 is 28.8 Å². The third-order valence-corrected chi connectivity index (χ3v) is 7.95. The van der Waals surface area contributed by atoms with E-state index in [2.05, 4.69) is 35.0 Å². The van der Waals surface area contributed by atoms with E-state index in [1.54, 1.807) is 12.1 Å². The second kappa shape index (κ2) is 16.9. The predicted molar refractivity (Wildman–Crippen MR) is 180 cm³/mol. The number of carbonyl (C=O) groups is 3. The van der Waals surface area contributed by atoms with Gasteiger partial charge in [-0.05, 0) is 86.2 Å². The van der Waals surface area contributed by atoms with Crippen molar-refractivity contribution in [3.8, 4) is 22.5 Å². The molecule has 250 valence electrons. The monoisotopic (exact) mass is 644 g/mol. The number of rotatable bonds is 16. The molecule has 2 aromatic carbocycles. The minimum absolute atomic E-state index is 0.104. The largest absolute Gasteiger partial charge is 0.478 e. The second-order valence-electron chi connectivity index (χ2n) is 11.3. The summed E-state index contributed by atoms with van der Waals surface area (Å²) in [5.74, 6) is -0.579. The zero-order valence-corrected chi connectivity index (χ0v) is 27.9. The first-order valence-electron chi connectivity index (χ1n) is 16.1. The number of carboxylic acid groups (broad SMARTS) is 1. The summed E-state index contributed by atoms with van der Waals surface area (Å²) in [6.45, 7) is 10.5. The van der Waals surface area contributed by atoms with Crippen LogP contribution in [0.4, 0.5) is 4.79 Å². The van der Waals surface area contributed by atoms with E-state index in [1.807, 2.05) is 32.0 Å². The second-order valence-corrected chi connectivity index (χ2v) is 11.3. The molecule has 2 aliphatic rings. The average Bonchev–Trinajstić information content (AvgIpc) is 3.05. The first kappa shape index (κ1) is 35.3. The smallest absolute Gasteiger partial charge is 0.406 e. The van der Waals surface area contributed by atoms with Crippen LogP contribution in [-0.2, 0) is 20.6 Å². The van der Waals surface area contributed by atoms with Gasteiger partial charge in [0.25, 0.3) is 0 Å². The lowest BCUT2D eigenvalue weighted by molar-refractivity contribution is 0.0469. The standard InChI is InChI=1S/C37H44N2O8/c1-6-9-25-21-33-29(18-23(25)3)35(30-19-24(4)31(38-7-2)22-34(30)47-33)28-20-26(11-12-27(28)36(41)42)32(40)10-8-14-45-16-17-46-15-13-39-37(43)44-5/h11-12,18-22H,6-10,13-17H2,1-5H3,(H,39,43)(H,41,42). The summed E-state index contributed by atoms with van der Waals surface area (Å²) in [7, 11) is 1.30. The van der Waals surface area contributed by atoms with Gasteiger partial charge in [0.15, 0.2) is 5.78 Å². The van der Waals surface area contributed by atoms with E-state index in [-0.39, 0.29) is 17.8 Å². The van der Waals surface area contributed by atoms with Crippen molar-refractivity contribution in [1.82, 2.24) is 5.32 Å². The first-order chi connectivity index (χ1) is 22.7. The summed E-state index contributed by atoms with van der Waals surface area (Å²) in [5, 5.41) is 14.4. The maximum absolute atomic E-state index is 13.4. The van der Waals surface area contributed by atoms with Gasteiger partial charge in [0.05, 0.1) is 37.9 Å². The van der Waals surface area contributed by atoms with Gasteiger partial charge in [0.1, 0.15) is 11.3 Å². The van der Waals surface area contributed by atoms with Crippen LogP contribution in [0.25, 0.3) is 33.4 Å². The Balaban J connectivity index is 1.62. The van der Waals surface area contributed by atoms with Gasteiger partial charge in [-0.1, -0.05) is 19.4 Å². The number of nitrogens with one attached hydrogen (secondary N) is 1. The molecule has 0 saturated heterocycles. The lowest BCUT2D eigenvalue weighted by Crippen LogP contribution is -2.27. The highest BCUT2D eigenvalue weighted by Crippen LogP contribution is 2.43. The number of Topliss-reactive ketones (excluding diaryl/α,β-unsaturated/α-hetero) is 1. The molecule has 0 saturated carbocycles. The fourth-order valence-electron chi connectivity index (χ4n) is 5.61. The molecular weight excluding hydrogens is 600 g/mol. The van der Waals surface area contributed by atoms with Crippen molar-refractivity contribution in [2.75, 3.05) is 46.6 Å². The lowest BCUT2D eigenvalue weighted by atomic mass is 9.87. The molecule has 0 bridgehead atoms. The first-order valence-corrected chi connectivity index (χ1v) is 16.1. The van der Waals surface area contributed by atoms with Crippen molar-refractivity contribution in [3.63, 3.8) is 0 Å². The topological polar surface area (TPSA) is 137 Å². The maximum Gasteiger partial charge on any atom is 0.406 e. The predicted octanol–water partition coefficient (Wildman–Crippen LogP) is 6.74. The van der Waals surface area contributed by atoms with Crippen LogP contribution in [0.2, 0.25) is 0 Å². The number of hydrogen-bond donors (Lipinski definition) is 2. The fraction of sp³-hybridized carbons (Fsp3) is 0.405. The summed E-state index contributed by atoms with van der Waals surface area (Å²) in [6, 6.07) is 12.8. The Morgan fingerprint density at radius 2 is 1.68 bits per heavy atom. The molecule has 4 rings (SSSR count). The van der Waals surface area contributed by atoms with E-state index in [0.29, 0.717) is 68.4 Å². The van der Waals surface area contributed by atoms with E-state index in [1.165, 1.54) is 18.7 Å². The molecule has 1 amide bonds. The van der Waals surface area contributed by atoms with Gasteiger partial charge in [-0.3, -0.25) is 9.79 Å². The number of benzene rings is 3. The molecule has 0 spiro atoms.